The van der Waals surface area contributed by atoms with E-state index in [2.05, 4.69) is 20.6 Å². The molecule has 0 bridgehead atoms. The zero-order valence-electron chi connectivity index (χ0n) is 15.2. The number of hydrogen-bond acceptors (Lipinski definition) is 3. The minimum Gasteiger partial charge on any atom is -0.357 e. The highest BCUT2D eigenvalue weighted by Crippen LogP contribution is 2.37. The van der Waals surface area contributed by atoms with Crippen LogP contribution in [0, 0.1) is 5.92 Å². The van der Waals surface area contributed by atoms with Gasteiger partial charge in [0.05, 0.1) is 10.9 Å². The van der Waals surface area contributed by atoms with Gasteiger partial charge in [-0.15, -0.1) is 35.3 Å². The van der Waals surface area contributed by atoms with Crippen molar-refractivity contribution in [3.05, 3.63) is 16.1 Å². The number of aliphatic imine (C=N–C) groups is 1. The number of thiazole rings is 1. The van der Waals surface area contributed by atoms with Crippen molar-refractivity contribution in [1.29, 1.82) is 0 Å². The van der Waals surface area contributed by atoms with Crippen molar-refractivity contribution in [3.8, 4) is 0 Å². The molecule has 1 aromatic heterocycles. The summed E-state index contributed by atoms with van der Waals surface area (Å²) in [4.78, 5) is 7.80. The molecule has 2 rings (SSSR count). The molecule has 0 saturated heterocycles. The highest BCUT2D eigenvalue weighted by atomic mass is 127. The van der Waals surface area contributed by atoms with E-state index in [0.29, 0.717) is 30.4 Å². The first kappa shape index (κ1) is 25.2. The number of alkyl halides is 6. The van der Waals surface area contributed by atoms with Crippen LogP contribution in [0.4, 0.5) is 26.3 Å². The van der Waals surface area contributed by atoms with Crippen LogP contribution in [0.25, 0.3) is 0 Å². The zero-order chi connectivity index (χ0) is 20.1. The molecule has 1 aliphatic rings. The molecule has 0 amide bonds. The molecule has 162 valence electrons. The fraction of sp³-hybridized carbons (Fsp3) is 0.750. The van der Waals surface area contributed by atoms with E-state index < -0.39 is 24.0 Å². The topological polar surface area (TPSA) is 49.3 Å². The minimum absolute atomic E-state index is 0. The monoisotopic (exact) mass is 544 g/mol. The second kappa shape index (κ2) is 10.8. The molecule has 4 nitrogen and oxygen atoms in total. The van der Waals surface area contributed by atoms with Crippen LogP contribution in [0.5, 0.6) is 0 Å². The third kappa shape index (κ3) is 7.91. The van der Waals surface area contributed by atoms with Gasteiger partial charge in [0.2, 0.25) is 0 Å². The lowest BCUT2D eigenvalue weighted by Crippen LogP contribution is -2.46. The predicted molar refractivity (Wildman–Crippen MR) is 107 cm³/mol. The van der Waals surface area contributed by atoms with E-state index in [1.807, 2.05) is 6.92 Å². The molecule has 0 spiro atoms. The summed E-state index contributed by atoms with van der Waals surface area (Å²) in [5.41, 5.74) is -0.920. The minimum atomic E-state index is -4.47. The van der Waals surface area contributed by atoms with Crippen molar-refractivity contribution < 1.29 is 26.3 Å². The summed E-state index contributed by atoms with van der Waals surface area (Å²) in [6.45, 7) is 2.54. The van der Waals surface area contributed by atoms with Crippen LogP contribution in [0.15, 0.2) is 10.4 Å². The summed E-state index contributed by atoms with van der Waals surface area (Å²) in [6, 6.07) is -0.333. The summed E-state index contributed by atoms with van der Waals surface area (Å²) >= 11 is 0.914. The molecule has 0 radical (unpaired) electrons. The predicted octanol–water partition coefficient (Wildman–Crippen LogP) is 5.00. The van der Waals surface area contributed by atoms with Gasteiger partial charge in [0, 0.05) is 30.9 Å². The number of guanidine groups is 1. The van der Waals surface area contributed by atoms with Crippen LogP contribution < -0.4 is 10.6 Å². The lowest BCUT2D eigenvalue weighted by Gasteiger charge is -2.31. The van der Waals surface area contributed by atoms with Gasteiger partial charge < -0.3 is 10.6 Å². The first-order valence-electron chi connectivity index (χ1n) is 8.72. The van der Waals surface area contributed by atoms with Crippen LogP contribution in [-0.2, 0) is 12.6 Å². The Morgan fingerprint density at radius 1 is 1.25 bits per heavy atom. The maximum atomic E-state index is 12.9. The summed E-state index contributed by atoms with van der Waals surface area (Å²) in [5.74, 6) is -0.944. The van der Waals surface area contributed by atoms with E-state index in [-0.39, 0.29) is 55.8 Å². The zero-order valence-corrected chi connectivity index (χ0v) is 18.3. The Morgan fingerprint density at radius 3 is 2.54 bits per heavy atom. The van der Waals surface area contributed by atoms with E-state index in [9.17, 15) is 26.3 Å². The lowest BCUT2D eigenvalue weighted by atomic mass is 9.85. The maximum absolute atomic E-state index is 12.9. The molecule has 1 fully saturated rings. The van der Waals surface area contributed by atoms with Crippen LogP contribution in [0.1, 0.15) is 43.3 Å². The van der Waals surface area contributed by atoms with Gasteiger partial charge in [-0.25, -0.2) is 4.98 Å². The van der Waals surface area contributed by atoms with Gasteiger partial charge in [0.15, 0.2) is 11.7 Å². The summed E-state index contributed by atoms with van der Waals surface area (Å²) in [5, 5.41) is 7.25. The third-order valence-corrected chi connectivity index (χ3v) is 5.17. The van der Waals surface area contributed by atoms with Crippen LogP contribution in [0.2, 0.25) is 0 Å². The highest BCUT2D eigenvalue weighted by Gasteiger charge is 2.42. The smallest absolute Gasteiger partial charge is 0.357 e. The molecule has 28 heavy (non-hydrogen) atoms. The molecule has 12 heteroatoms. The van der Waals surface area contributed by atoms with Gasteiger partial charge >= 0.3 is 12.4 Å². The van der Waals surface area contributed by atoms with Crippen molar-refractivity contribution in [2.75, 3.05) is 13.1 Å². The second-order valence-corrected chi connectivity index (χ2v) is 7.32. The molecule has 2 unspecified atom stereocenters. The molecular formula is C16H23F6IN4S. The Kier molecular flexibility index (Phi) is 9.77. The van der Waals surface area contributed by atoms with Gasteiger partial charge in [0.25, 0.3) is 0 Å². The van der Waals surface area contributed by atoms with E-state index >= 15 is 0 Å². The molecule has 2 atom stereocenters. The van der Waals surface area contributed by atoms with Crippen molar-refractivity contribution in [3.63, 3.8) is 0 Å². The van der Waals surface area contributed by atoms with E-state index in [1.165, 1.54) is 0 Å². The lowest BCUT2D eigenvalue weighted by molar-refractivity contribution is -0.183. The molecule has 1 aromatic rings. The first-order chi connectivity index (χ1) is 12.6. The standard InChI is InChI=1S/C16H22F6N4S.HI/c1-2-23-14(25-11-5-3-4-10(8-11)15(17,18)19)24-7-6-13-26-12(9-27-13)16(20,21)22;/h9-11H,2-8H2,1H3,(H2,23,24,25);1H. The van der Waals surface area contributed by atoms with E-state index in [4.69, 9.17) is 0 Å². The van der Waals surface area contributed by atoms with E-state index in [0.717, 1.165) is 16.7 Å². The highest BCUT2D eigenvalue weighted by molar-refractivity contribution is 14.0. The van der Waals surface area contributed by atoms with Gasteiger partial charge in [-0.3, -0.25) is 4.99 Å². The quantitative estimate of drug-likeness (QED) is 0.238. The Balaban J connectivity index is 0.00000392. The van der Waals surface area contributed by atoms with Crippen LogP contribution in [-0.4, -0.2) is 36.3 Å². The first-order valence-corrected chi connectivity index (χ1v) is 9.60. The number of hydrogen-bond donors (Lipinski definition) is 2. The Hall–Kier alpha value is -0.790. The Labute approximate surface area is 180 Å². The Morgan fingerprint density at radius 2 is 1.96 bits per heavy atom. The van der Waals surface area contributed by atoms with Gasteiger partial charge in [-0.2, -0.15) is 26.3 Å². The Bertz CT molecular complexity index is 631. The number of halogens is 7. The average molecular weight is 544 g/mol. The maximum Gasteiger partial charge on any atom is 0.434 e. The number of rotatable bonds is 5. The van der Waals surface area contributed by atoms with Crippen molar-refractivity contribution >= 4 is 41.3 Å². The largest absolute Gasteiger partial charge is 0.434 e. The molecule has 2 N–H and O–H groups in total. The van der Waals surface area contributed by atoms with Gasteiger partial charge in [-0.05, 0) is 26.2 Å². The average Bonchev–Trinajstić information content (AvgIpc) is 3.04. The summed E-state index contributed by atoms with van der Waals surface area (Å²) < 4.78 is 76.4. The third-order valence-electron chi connectivity index (χ3n) is 4.26. The van der Waals surface area contributed by atoms with Crippen molar-refractivity contribution in [1.82, 2.24) is 15.6 Å². The molecule has 0 aliphatic heterocycles. The fourth-order valence-electron chi connectivity index (χ4n) is 2.95. The molecule has 1 heterocycles. The van der Waals surface area contributed by atoms with E-state index in [1.54, 1.807) is 0 Å². The number of nitrogens with one attached hydrogen (secondary N) is 2. The normalized spacial score (nSPS) is 21.2. The number of aromatic nitrogens is 1. The van der Waals surface area contributed by atoms with Gasteiger partial charge in [0.1, 0.15) is 0 Å². The van der Waals surface area contributed by atoms with Crippen molar-refractivity contribution in [2.24, 2.45) is 10.9 Å². The molecule has 1 saturated carbocycles. The fourth-order valence-corrected chi connectivity index (χ4v) is 3.75. The molecular weight excluding hydrogens is 521 g/mol. The molecule has 1 aliphatic carbocycles. The van der Waals surface area contributed by atoms with Gasteiger partial charge in [-0.1, -0.05) is 6.42 Å². The van der Waals surface area contributed by atoms with Crippen molar-refractivity contribution in [2.45, 2.75) is 57.4 Å². The summed E-state index contributed by atoms with van der Waals surface area (Å²) in [7, 11) is 0. The molecule has 0 aromatic carbocycles. The van der Waals surface area contributed by atoms with Crippen LogP contribution in [0.3, 0.4) is 0 Å². The number of nitrogens with zero attached hydrogens (tertiary/aromatic N) is 2. The van der Waals surface area contributed by atoms with Crippen LogP contribution >= 0.6 is 35.3 Å². The summed E-state index contributed by atoms with van der Waals surface area (Å²) in [6.07, 6.45) is -7.19. The SMILES string of the molecule is CCNC(=NCCc1nc(C(F)(F)F)cs1)NC1CCCC(C(F)(F)F)C1.I. The second-order valence-electron chi connectivity index (χ2n) is 6.38.